The number of nitrogens with zero attached hydrogens (tertiary/aromatic N) is 1. The van der Waals surface area contributed by atoms with Crippen molar-refractivity contribution in [2.24, 2.45) is 0 Å². The van der Waals surface area contributed by atoms with Crippen LogP contribution in [0.2, 0.25) is 0 Å². The van der Waals surface area contributed by atoms with Gasteiger partial charge in [0.1, 0.15) is 5.75 Å². The molecule has 1 atom stereocenters. The maximum Gasteiger partial charge on any atom is 0.262 e. The van der Waals surface area contributed by atoms with Gasteiger partial charge in [-0.3, -0.25) is 4.79 Å². The lowest BCUT2D eigenvalue weighted by Crippen LogP contribution is -2.45. The smallest absolute Gasteiger partial charge is 0.262 e. The van der Waals surface area contributed by atoms with Gasteiger partial charge < -0.3 is 20.3 Å². The van der Waals surface area contributed by atoms with Gasteiger partial charge in [-0.2, -0.15) is 0 Å². The van der Waals surface area contributed by atoms with Crippen LogP contribution in [-0.2, 0) is 11.3 Å². The Hall–Kier alpha value is -1.59. The number of carbonyl (C=O) groups is 1. The average molecular weight is 289 g/mol. The van der Waals surface area contributed by atoms with E-state index < -0.39 is 0 Å². The molecule has 2 aliphatic rings. The lowest BCUT2D eigenvalue weighted by molar-refractivity contribution is -0.118. The van der Waals surface area contributed by atoms with Crippen molar-refractivity contribution in [3.8, 4) is 5.75 Å². The van der Waals surface area contributed by atoms with Crippen molar-refractivity contribution in [3.05, 3.63) is 23.8 Å². The Labute approximate surface area is 125 Å². The molecule has 2 N–H and O–H groups in total. The molecule has 2 heterocycles. The van der Waals surface area contributed by atoms with E-state index in [1.54, 1.807) is 0 Å². The van der Waals surface area contributed by atoms with Gasteiger partial charge in [-0.1, -0.05) is 13.0 Å². The first kappa shape index (κ1) is 14.4. The minimum Gasteiger partial charge on any atom is -0.482 e. The Balaban J connectivity index is 1.58. The first-order valence-corrected chi connectivity index (χ1v) is 7.76. The zero-order chi connectivity index (χ0) is 14.7. The van der Waals surface area contributed by atoms with Crippen molar-refractivity contribution in [1.29, 1.82) is 0 Å². The fourth-order valence-corrected chi connectivity index (χ4v) is 3.01. The number of nitrogens with one attached hydrogen (secondary N) is 2. The van der Waals surface area contributed by atoms with E-state index in [-0.39, 0.29) is 12.5 Å². The third-order valence-corrected chi connectivity index (χ3v) is 4.22. The highest BCUT2D eigenvalue weighted by Crippen LogP contribution is 2.28. The molecule has 0 saturated carbocycles. The number of anilines is 1. The number of hydrogen-bond acceptors (Lipinski definition) is 4. The predicted octanol–water partition coefficient (Wildman–Crippen LogP) is 1.59. The molecule has 21 heavy (non-hydrogen) atoms. The molecule has 0 spiro atoms. The van der Waals surface area contributed by atoms with Crippen LogP contribution in [0.3, 0.4) is 0 Å². The quantitative estimate of drug-likeness (QED) is 0.884. The lowest BCUT2D eigenvalue weighted by atomic mass is 10.1. The Bertz CT molecular complexity index is 518. The molecule has 3 rings (SSSR count). The molecule has 5 heteroatoms. The largest absolute Gasteiger partial charge is 0.482 e. The van der Waals surface area contributed by atoms with Crippen molar-refractivity contribution in [1.82, 2.24) is 10.2 Å². The summed E-state index contributed by atoms with van der Waals surface area (Å²) in [6, 6.07) is 6.55. The molecular formula is C16H23N3O2. The summed E-state index contributed by atoms with van der Waals surface area (Å²) in [5.74, 6) is 0.673. The van der Waals surface area contributed by atoms with Gasteiger partial charge in [-0.05, 0) is 43.6 Å². The highest BCUT2D eigenvalue weighted by atomic mass is 16.5. The Kier molecular flexibility index (Phi) is 4.41. The second-order valence-corrected chi connectivity index (χ2v) is 5.78. The fraction of sp³-hybridized carbons (Fsp3) is 0.562. The van der Waals surface area contributed by atoms with E-state index in [1.165, 1.54) is 24.9 Å². The van der Waals surface area contributed by atoms with Crippen molar-refractivity contribution in [2.75, 3.05) is 31.6 Å². The summed E-state index contributed by atoms with van der Waals surface area (Å²) in [5, 5.41) is 6.48. The molecule has 1 unspecified atom stereocenters. The second-order valence-electron chi connectivity index (χ2n) is 5.78. The normalized spacial score (nSPS) is 22.3. The third-order valence-electron chi connectivity index (χ3n) is 4.22. The summed E-state index contributed by atoms with van der Waals surface area (Å²) in [6.45, 7) is 6.62. The summed E-state index contributed by atoms with van der Waals surface area (Å²) >= 11 is 0. The Morgan fingerprint density at radius 1 is 1.48 bits per heavy atom. The third kappa shape index (κ3) is 3.54. The average Bonchev–Trinajstić information content (AvgIpc) is 2.52. The van der Waals surface area contributed by atoms with Crippen molar-refractivity contribution in [2.45, 2.75) is 32.4 Å². The van der Waals surface area contributed by atoms with E-state index in [1.807, 2.05) is 12.1 Å². The number of carbonyl (C=O) groups excluding carboxylic acids is 1. The van der Waals surface area contributed by atoms with Crippen LogP contribution in [0.5, 0.6) is 5.75 Å². The van der Waals surface area contributed by atoms with Crippen LogP contribution in [0.15, 0.2) is 18.2 Å². The number of amides is 1. The van der Waals surface area contributed by atoms with E-state index in [2.05, 4.69) is 28.5 Å². The minimum absolute atomic E-state index is 0.0847. The molecule has 114 valence electrons. The predicted molar refractivity (Wildman–Crippen MR) is 82.5 cm³/mol. The van der Waals surface area contributed by atoms with Crippen LogP contribution in [0.4, 0.5) is 5.69 Å². The van der Waals surface area contributed by atoms with E-state index in [4.69, 9.17) is 4.74 Å². The molecule has 1 fully saturated rings. The molecule has 1 aromatic rings. The Morgan fingerprint density at radius 3 is 3.24 bits per heavy atom. The van der Waals surface area contributed by atoms with Gasteiger partial charge in [0.2, 0.25) is 0 Å². The van der Waals surface area contributed by atoms with Gasteiger partial charge >= 0.3 is 0 Å². The van der Waals surface area contributed by atoms with Gasteiger partial charge in [-0.25, -0.2) is 0 Å². The standard InChI is InChI=1S/C16H23N3O2/c1-2-19-7-3-4-13(10-19)17-9-12-5-6-15-14(8-12)18-16(20)11-21-15/h5-6,8,13,17H,2-4,7,9-11H2,1H3,(H,18,20). The van der Waals surface area contributed by atoms with E-state index in [9.17, 15) is 4.79 Å². The lowest BCUT2D eigenvalue weighted by Gasteiger charge is -2.32. The molecule has 1 amide bonds. The summed E-state index contributed by atoms with van der Waals surface area (Å²) in [7, 11) is 0. The summed E-state index contributed by atoms with van der Waals surface area (Å²) in [6.07, 6.45) is 2.50. The monoisotopic (exact) mass is 289 g/mol. The van der Waals surface area contributed by atoms with Crippen LogP contribution in [0.25, 0.3) is 0 Å². The number of fused-ring (bicyclic) bond motifs is 1. The van der Waals surface area contributed by atoms with Gasteiger partial charge in [0.25, 0.3) is 5.91 Å². The van der Waals surface area contributed by atoms with E-state index >= 15 is 0 Å². The van der Waals surface area contributed by atoms with Crippen LogP contribution in [0.1, 0.15) is 25.3 Å². The summed E-state index contributed by atoms with van der Waals surface area (Å²) < 4.78 is 5.37. The van der Waals surface area contributed by atoms with Crippen LogP contribution < -0.4 is 15.4 Å². The van der Waals surface area contributed by atoms with Gasteiger partial charge in [0.05, 0.1) is 5.69 Å². The molecule has 5 nitrogen and oxygen atoms in total. The zero-order valence-corrected chi connectivity index (χ0v) is 12.5. The van der Waals surface area contributed by atoms with Crippen LogP contribution in [0, 0.1) is 0 Å². The van der Waals surface area contributed by atoms with E-state index in [0.29, 0.717) is 6.04 Å². The fourth-order valence-electron chi connectivity index (χ4n) is 3.01. The number of rotatable bonds is 4. The topological polar surface area (TPSA) is 53.6 Å². The van der Waals surface area contributed by atoms with Gasteiger partial charge in [-0.15, -0.1) is 0 Å². The molecular weight excluding hydrogens is 266 g/mol. The van der Waals surface area contributed by atoms with E-state index in [0.717, 1.165) is 31.1 Å². The maximum atomic E-state index is 11.4. The van der Waals surface area contributed by atoms with Crippen LogP contribution >= 0.6 is 0 Å². The number of piperidine rings is 1. The van der Waals surface area contributed by atoms with Crippen LogP contribution in [-0.4, -0.2) is 43.1 Å². The maximum absolute atomic E-state index is 11.4. The van der Waals surface area contributed by atoms with Crippen molar-refractivity contribution in [3.63, 3.8) is 0 Å². The highest BCUT2D eigenvalue weighted by Gasteiger charge is 2.19. The molecule has 0 radical (unpaired) electrons. The summed E-state index contributed by atoms with van der Waals surface area (Å²) in [5.41, 5.74) is 1.96. The Morgan fingerprint density at radius 2 is 2.38 bits per heavy atom. The van der Waals surface area contributed by atoms with Crippen molar-refractivity contribution < 1.29 is 9.53 Å². The number of hydrogen-bond donors (Lipinski definition) is 2. The molecule has 2 aliphatic heterocycles. The molecule has 0 bridgehead atoms. The molecule has 1 aromatic carbocycles. The summed E-state index contributed by atoms with van der Waals surface area (Å²) in [4.78, 5) is 13.8. The zero-order valence-electron chi connectivity index (χ0n) is 12.5. The first-order valence-electron chi connectivity index (χ1n) is 7.76. The number of likely N-dealkylation sites (tertiary alicyclic amines) is 1. The number of benzene rings is 1. The number of ether oxygens (including phenoxy) is 1. The molecule has 0 aromatic heterocycles. The molecule has 0 aliphatic carbocycles. The van der Waals surface area contributed by atoms with Gasteiger partial charge in [0.15, 0.2) is 6.61 Å². The highest BCUT2D eigenvalue weighted by molar-refractivity contribution is 5.95. The SMILES string of the molecule is CCN1CCCC(NCc2ccc3c(c2)NC(=O)CO3)C1. The van der Waals surface area contributed by atoms with Gasteiger partial charge in [0, 0.05) is 19.1 Å². The first-order chi connectivity index (χ1) is 10.2. The second kappa shape index (κ2) is 6.45. The number of likely N-dealkylation sites (N-methyl/N-ethyl adjacent to an activating group) is 1. The minimum atomic E-state index is -0.0847. The molecule has 1 saturated heterocycles. The van der Waals surface area contributed by atoms with Crippen molar-refractivity contribution >= 4 is 11.6 Å².